The van der Waals surface area contributed by atoms with Gasteiger partial charge in [-0.05, 0) is 56.0 Å². The summed E-state index contributed by atoms with van der Waals surface area (Å²) in [6.07, 6.45) is 2.80. The normalized spacial score (nSPS) is 19.3. The molecule has 0 N–H and O–H groups in total. The lowest BCUT2D eigenvalue weighted by Gasteiger charge is -2.36. The number of anilines is 1. The third kappa shape index (κ3) is 5.73. The summed E-state index contributed by atoms with van der Waals surface area (Å²) in [5.74, 6) is 1.39. The maximum absolute atomic E-state index is 12.3. The molecule has 3 aromatic rings. The number of fused-ring (bicyclic) bond motifs is 1. The molecule has 2 aliphatic heterocycles. The minimum Gasteiger partial charge on any atom is -0.444 e. The molecule has 184 valence electrons. The summed E-state index contributed by atoms with van der Waals surface area (Å²) < 4.78 is 5.52. The van der Waals surface area contributed by atoms with E-state index >= 15 is 0 Å². The van der Waals surface area contributed by atoms with Gasteiger partial charge in [0.1, 0.15) is 5.60 Å². The second kappa shape index (κ2) is 9.82. The summed E-state index contributed by atoms with van der Waals surface area (Å²) in [6, 6.07) is 16.9. The van der Waals surface area contributed by atoms with Crippen molar-refractivity contribution in [2.24, 2.45) is 5.92 Å². The molecule has 0 bridgehead atoms. The van der Waals surface area contributed by atoms with Crippen LogP contribution >= 0.6 is 0 Å². The molecule has 1 atom stereocenters. The summed E-state index contributed by atoms with van der Waals surface area (Å²) in [4.78, 5) is 28.4. The molecule has 2 saturated heterocycles. The van der Waals surface area contributed by atoms with Gasteiger partial charge in [-0.15, -0.1) is 0 Å². The summed E-state index contributed by atoms with van der Waals surface area (Å²) in [5, 5.41) is 2.46. The summed E-state index contributed by atoms with van der Waals surface area (Å²) in [5.41, 5.74) is 1.63. The van der Waals surface area contributed by atoms with Gasteiger partial charge in [-0.1, -0.05) is 36.4 Å². The van der Waals surface area contributed by atoms with E-state index in [1.54, 1.807) is 0 Å². The van der Waals surface area contributed by atoms with Crippen molar-refractivity contribution in [3.05, 3.63) is 54.7 Å². The number of amides is 1. The lowest BCUT2D eigenvalue weighted by atomic mass is 10.1. The van der Waals surface area contributed by atoms with E-state index in [9.17, 15) is 4.79 Å². The number of aromatic nitrogens is 2. The highest BCUT2D eigenvalue weighted by atomic mass is 16.6. The lowest BCUT2D eigenvalue weighted by molar-refractivity contribution is 0.0135. The van der Waals surface area contributed by atoms with Crippen LogP contribution in [0.4, 0.5) is 10.7 Å². The lowest BCUT2D eigenvalue weighted by Crippen LogP contribution is -2.51. The molecule has 2 aliphatic rings. The van der Waals surface area contributed by atoms with Crippen LogP contribution in [0.15, 0.2) is 54.7 Å². The Morgan fingerprint density at radius 3 is 2.54 bits per heavy atom. The van der Waals surface area contributed by atoms with Gasteiger partial charge >= 0.3 is 6.09 Å². The molecule has 0 spiro atoms. The average Bonchev–Trinajstić information content (AvgIpc) is 3.32. The Bertz CT molecular complexity index is 1180. The van der Waals surface area contributed by atoms with Crippen molar-refractivity contribution in [2.75, 3.05) is 50.7 Å². The third-order valence-electron chi connectivity index (χ3n) is 6.80. The molecule has 1 aromatic heterocycles. The van der Waals surface area contributed by atoms with E-state index in [4.69, 9.17) is 9.72 Å². The first-order chi connectivity index (χ1) is 16.8. The van der Waals surface area contributed by atoms with E-state index in [2.05, 4.69) is 57.2 Å². The molecular formula is C28H35N5O2. The molecule has 2 aromatic carbocycles. The molecular weight excluding hydrogens is 438 g/mol. The number of rotatable bonds is 4. The molecule has 5 rings (SSSR count). The van der Waals surface area contributed by atoms with Crippen molar-refractivity contribution in [3.8, 4) is 11.3 Å². The van der Waals surface area contributed by atoms with E-state index in [1.165, 1.54) is 10.8 Å². The van der Waals surface area contributed by atoms with E-state index < -0.39 is 5.60 Å². The SMILES string of the molecule is CC(C)(C)OC(=O)N1CCN(C[C@H]2CCN(c3nccc(-c4ccc5ccccc5c4)n3)C2)CC1. The minimum absolute atomic E-state index is 0.201. The van der Waals surface area contributed by atoms with E-state index in [1.807, 2.05) is 37.9 Å². The highest BCUT2D eigenvalue weighted by molar-refractivity contribution is 5.86. The topological polar surface area (TPSA) is 61.8 Å². The summed E-state index contributed by atoms with van der Waals surface area (Å²) >= 11 is 0. The van der Waals surface area contributed by atoms with Gasteiger partial charge in [0.05, 0.1) is 5.69 Å². The maximum atomic E-state index is 12.3. The van der Waals surface area contributed by atoms with Crippen LogP contribution in [0.1, 0.15) is 27.2 Å². The Morgan fingerprint density at radius 2 is 1.77 bits per heavy atom. The number of benzene rings is 2. The third-order valence-corrected chi connectivity index (χ3v) is 6.80. The highest BCUT2D eigenvalue weighted by Gasteiger charge is 2.30. The number of hydrogen-bond acceptors (Lipinski definition) is 6. The Morgan fingerprint density at radius 1 is 1.00 bits per heavy atom. The minimum atomic E-state index is -0.449. The van der Waals surface area contributed by atoms with Crippen molar-refractivity contribution in [2.45, 2.75) is 32.8 Å². The fourth-order valence-corrected chi connectivity index (χ4v) is 4.98. The Balaban J connectivity index is 1.16. The smallest absolute Gasteiger partial charge is 0.410 e. The van der Waals surface area contributed by atoms with Gasteiger partial charge in [0.2, 0.25) is 5.95 Å². The van der Waals surface area contributed by atoms with Crippen molar-refractivity contribution in [3.63, 3.8) is 0 Å². The molecule has 0 aliphatic carbocycles. The van der Waals surface area contributed by atoms with Gasteiger partial charge in [-0.2, -0.15) is 0 Å². The molecule has 0 radical (unpaired) electrons. The number of piperazine rings is 1. The van der Waals surface area contributed by atoms with Gasteiger partial charge in [0.25, 0.3) is 0 Å². The van der Waals surface area contributed by atoms with E-state index in [-0.39, 0.29) is 6.09 Å². The second-order valence-corrected chi connectivity index (χ2v) is 10.7. The Labute approximate surface area is 207 Å². The average molecular weight is 474 g/mol. The van der Waals surface area contributed by atoms with Gasteiger partial charge in [0, 0.05) is 57.6 Å². The predicted octanol–water partition coefficient (Wildman–Crippen LogP) is 4.68. The van der Waals surface area contributed by atoms with Crippen molar-refractivity contribution in [1.29, 1.82) is 0 Å². The summed E-state index contributed by atoms with van der Waals surface area (Å²) in [7, 11) is 0. The molecule has 3 heterocycles. The largest absolute Gasteiger partial charge is 0.444 e. The Kier molecular flexibility index (Phi) is 6.60. The molecule has 35 heavy (non-hydrogen) atoms. The maximum Gasteiger partial charge on any atom is 0.410 e. The zero-order chi connectivity index (χ0) is 24.4. The summed E-state index contributed by atoms with van der Waals surface area (Å²) in [6.45, 7) is 12.0. The first-order valence-corrected chi connectivity index (χ1v) is 12.6. The fraction of sp³-hybridized carbons (Fsp3) is 0.464. The molecule has 0 saturated carbocycles. The van der Waals surface area contributed by atoms with Crippen LogP contribution in [0.3, 0.4) is 0 Å². The van der Waals surface area contributed by atoms with Crippen LogP contribution in [0, 0.1) is 5.92 Å². The monoisotopic (exact) mass is 473 g/mol. The highest BCUT2D eigenvalue weighted by Crippen LogP contribution is 2.27. The number of ether oxygens (including phenoxy) is 1. The van der Waals surface area contributed by atoms with E-state index in [0.29, 0.717) is 5.92 Å². The van der Waals surface area contributed by atoms with Gasteiger partial charge in [0.15, 0.2) is 0 Å². The zero-order valence-corrected chi connectivity index (χ0v) is 21.0. The van der Waals surface area contributed by atoms with Crippen LogP contribution in [-0.4, -0.2) is 77.3 Å². The van der Waals surface area contributed by atoms with Crippen LogP contribution in [0.2, 0.25) is 0 Å². The molecule has 0 unspecified atom stereocenters. The predicted molar refractivity (Wildman–Crippen MR) is 140 cm³/mol. The first-order valence-electron chi connectivity index (χ1n) is 12.6. The molecule has 1 amide bonds. The quantitative estimate of drug-likeness (QED) is 0.549. The van der Waals surface area contributed by atoms with Gasteiger partial charge < -0.3 is 14.5 Å². The standard InChI is InChI=1S/C28H35N5O2/c1-28(2,3)35-27(34)32-16-14-31(15-17-32)19-21-11-13-33(20-21)26-29-12-10-25(30-26)24-9-8-22-6-4-5-7-23(22)18-24/h4-10,12,18,21H,11,13-17,19-20H2,1-3H3/t21-/m1/s1. The van der Waals surface area contributed by atoms with Crippen LogP contribution in [0.25, 0.3) is 22.0 Å². The van der Waals surface area contributed by atoms with Crippen molar-refractivity contribution < 1.29 is 9.53 Å². The van der Waals surface area contributed by atoms with E-state index in [0.717, 1.165) is 69.4 Å². The first kappa shape index (κ1) is 23.5. The number of carbonyl (C=O) groups excluding carboxylic acids is 1. The van der Waals surface area contributed by atoms with Gasteiger partial charge in [-0.25, -0.2) is 14.8 Å². The molecule has 7 heteroatoms. The van der Waals surface area contributed by atoms with Crippen molar-refractivity contribution in [1.82, 2.24) is 19.8 Å². The number of carbonyl (C=O) groups is 1. The second-order valence-electron chi connectivity index (χ2n) is 10.7. The number of hydrogen-bond donors (Lipinski definition) is 0. The molecule has 7 nitrogen and oxygen atoms in total. The van der Waals surface area contributed by atoms with Crippen LogP contribution in [-0.2, 0) is 4.74 Å². The van der Waals surface area contributed by atoms with Crippen LogP contribution < -0.4 is 4.90 Å². The van der Waals surface area contributed by atoms with Crippen LogP contribution in [0.5, 0.6) is 0 Å². The zero-order valence-electron chi connectivity index (χ0n) is 21.0. The van der Waals surface area contributed by atoms with Gasteiger partial charge in [-0.3, -0.25) is 4.90 Å². The fourth-order valence-electron chi connectivity index (χ4n) is 4.98. The molecule has 2 fully saturated rings. The van der Waals surface area contributed by atoms with Crippen molar-refractivity contribution >= 4 is 22.8 Å². The Hall–Kier alpha value is -3.19. The number of nitrogens with zero attached hydrogens (tertiary/aromatic N) is 5.